The topological polar surface area (TPSA) is 64.6 Å². The first-order valence-corrected chi connectivity index (χ1v) is 7.15. The normalized spacial score (nSPS) is 12.7. The monoisotopic (exact) mass is 329 g/mol. The van der Waals surface area contributed by atoms with E-state index in [9.17, 15) is 18.4 Å². The molecule has 0 spiro atoms. The number of halogens is 2. The summed E-state index contributed by atoms with van der Waals surface area (Å²) < 4.78 is 34.1. The van der Waals surface area contributed by atoms with Gasteiger partial charge in [0.15, 0.2) is 5.78 Å². The molecule has 0 radical (unpaired) electrons. The van der Waals surface area contributed by atoms with Gasteiger partial charge in [0.1, 0.15) is 11.4 Å². The predicted molar refractivity (Wildman–Crippen MR) is 80.9 cm³/mol. The Morgan fingerprint density at radius 2 is 1.83 bits per heavy atom. The first-order valence-electron chi connectivity index (χ1n) is 7.15. The summed E-state index contributed by atoms with van der Waals surface area (Å²) >= 11 is 0. The Balaban J connectivity index is 2.67. The lowest BCUT2D eigenvalue weighted by molar-refractivity contribution is -0.0501. The van der Waals surface area contributed by atoms with Crippen LogP contribution in [0.15, 0.2) is 24.3 Å². The molecule has 0 heterocycles. The molecule has 0 fully saturated rings. The van der Waals surface area contributed by atoms with Gasteiger partial charge >= 0.3 is 12.7 Å². The van der Waals surface area contributed by atoms with Crippen molar-refractivity contribution in [1.82, 2.24) is 5.32 Å². The van der Waals surface area contributed by atoms with Gasteiger partial charge < -0.3 is 14.8 Å². The van der Waals surface area contributed by atoms with Crippen LogP contribution in [0, 0.1) is 0 Å². The van der Waals surface area contributed by atoms with E-state index < -0.39 is 30.1 Å². The van der Waals surface area contributed by atoms with Gasteiger partial charge in [-0.05, 0) is 39.8 Å². The van der Waals surface area contributed by atoms with Gasteiger partial charge in [0.25, 0.3) is 0 Å². The third kappa shape index (κ3) is 7.08. The number of nitrogens with one attached hydrogen (secondary N) is 1. The number of amides is 1. The molecule has 7 heteroatoms. The van der Waals surface area contributed by atoms with E-state index in [4.69, 9.17) is 4.74 Å². The molecule has 0 bridgehead atoms. The Hall–Kier alpha value is -2.18. The van der Waals surface area contributed by atoms with Crippen molar-refractivity contribution in [3.05, 3.63) is 29.8 Å². The van der Waals surface area contributed by atoms with Gasteiger partial charge in [-0.15, -0.1) is 0 Å². The van der Waals surface area contributed by atoms with Crippen molar-refractivity contribution in [2.24, 2.45) is 0 Å². The van der Waals surface area contributed by atoms with Crippen molar-refractivity contribution in [3.63, 3.8) is 0 Å². The predicted octanol–water partition coefficient (Wildman–Crippen LogP) is 3.77. The third-order valence-corrected chi connectivity index (χ3v) is 2.66. The molecule has 0 aliphatic rings. The van der Waals surface area contributed by atoms with Crippen LogP contribution >= 0.6 is 0 Å². The molecule has 1 amide bonds. The van der Waals surface area contributed by atoms with Gasteiger partial charge in [-0.3, -0.25) is 4.79 Å². The zero-order chi connectivity index (χ0) is 17.6. The maximum Gasteiger partial charge on any atom is 0.407 e. The van der Waals surface area contributed by atoms with E-state index in [1.807, 2.05) is 0 Å². The summed E-state index contributed by atoms with van der Waals surface area (Å²) in [6.45, 7) is 3.78. The molecule has 128 valence electrons. The molecular weight excluding hydrogens is 308 g/mol. The number of rotatable bonds is 6. The van der Waals surface area contributed by atoms with Gasteiger partial charge in [0.2, 0.25) is 0 Å². The summed E-state index contributed by atoms with van der Waals surface area (Å²) in [5.41, 5.74) is -0.600. The van der Waals surface area contributed by atoms with Crippen molar-refractivity contribution in [2.75, 3.05) is 0 Å². The summed E-state index contributed by atoms with van der Waals surface area (Å²) in [5, 5.41) is 2.53. The molecule has 1 unspecified atom stereocenters. The minimum absolute atomic E-state index is 0.0469. The Morgan fingerprint density at radius 3 is 2.39 bits per heavy atom. The van der Waals surface area contributed by atoms with Crippen LogP contribution in [0.5, 0.6) is 5.75 Å². The summed E-state index contributed by atoms with van der Waals surface area (Å²) in [5.74, 6) is -0.596. The van der Waals surface area contributed by atoms with Crippen molar-refractivity contribution >= 4 is 11.9 Å². The van der Waals surface area contributed by atoms with E-state index in [2.05, 4.69) is 10.1 Å². The molecule has 1 atom stereocenters. The molecule has 0 aromatic heterocycles. The zero-order valence-corrected chi connectivity index (χ0v) is 13.6. The highest BCUT2D eigenvalue weighted by molar-refractivity contribution is 5.99. The molecule has 5 nitrogen and oxygen atoms in total. The third-order valence-electron chi connectivity index (χ3n) is 2.66. The zero-order valence-electron chi connectivity index (χ0n) is 13.6. The summed E-state index contributed by atoms with van der Waals surface area (Å²) in [7, 11) is 0. The molecule has 0 saturated heterocycles. The Labute approximate surface area is 134 Å². The smallest absolute Gasteiger partial charge is 0.407 e. The van der Waals surface area contributed by atoms with Crippen LogP contribution < -0.4 is 10.1 Å². The Bertz CT molecular complexity index is 555. The standard InChI is InChI=1S/C16H21F2NO4/c1-10(19-15(21)23-16(2,3)4)9-12(20)11-7-5-6-8-13(11)22-14(17)18/h5-8,10,14H,9H2,1-4H3,(H,19,21). The highest BCUT2D eigenvalue weighted by atomic mass is 19.3. The Morgan fingerprint density at radius 1 is 1.22 bits per heavy atom. The molecule has 0 saturated carbocycles. The van der Waals surface area contributed by atoms with Gasteiger partial charge in [0.05, 0.1) is 5.56 Å². The maximum atomic E-state index is 12.3. The largest absolute Gasteiger partial charge is 0.444 e. The molecular formula is C16H21F2NO4. The van der Waals surface area contributed by atoms with Crippen molar-refractivity contribution < 1.29 is 27.8 Å². The number of carbonyl (C=O) groups is 2. The number of Topliss-reactive ketones (excluding diaryl/α,β-unsaturated/α-hetero) is 1. The molecule has 1 N–H and O–H groups in total. The second kappa shape index (κ2) is 7.89. The molecule has 0 aliphatic heterocycles. The van der Waals surface area contributed by atoms with Gasteiger partial charge in [-0.2, -0.15) is 8.78 Å². The van der Waals surface area contributed by atoms with Crippen LogP contribution in [0.2, 0.25) is 0 Å². The van der Waals surface area contributed by atoms with E-state index in [0.717, 1.165) is 0 Å². The number of alkyl halides is 2. The van der Waals surface area contributed by atoms with Crippen molar-refractivity contribution in [2.45, 2.75) is 52.4 Å². The van der Waals surface area contributed by atoms with Crippen LogP contribution in [-0.2, 0) is 4.74 Å². The lowest BCUT2D eigenvalue weighted by Crippen LogP contribution is -2.38. The van der Waals surface area contributed by atoms with E-state index in [0.29, 0.717) is 0 Å². The van der Waals surface area contributed by atoms with Crippen LogP contribution in [0.4, 0.5) is 13.6 Å². The molecule has 23 heavy (non-hydrogen) atoms. The number of ether oxygens (including phenoxy) is 2. The molecule has 1 aromatic rings. The average Bonchev–Trinajstić information content (AvgIpc) is 2.35. The van der Waals surface area contributed by atoms with E-state index in [1.54, 1.807) is 33.8 Å². The SMILES string of the molecule is CC(CC(=O)c1ccccc1OC(F)F)NC(=O)OC(C)(C)C. The van der Waals surface area contributed by atoms with Gasteiger partial charge in [0, 0.05) is 12.5 Å². The van der Waals surface area contributed by atoms with Crippen molar-refractivity contribution in [3.8, 4) is 5.75 Å². The maximum absolute atomic E-state index is 12.3. The molecule has 0 aliphatic carbocycles. The lowest BCUT2D eigenvalue weighted by Gasteiger charge is -2.21. The summed E-state index contributed by atoms with van der Waals surface area (Å²) in [4.78, 5) is 23.8. The number of para-hydroxylation sites is 1. The number of carbonyl (C=O) groups excluding carboxylic acids is 2. The van der Waals surface area contributed by atoms with Gasteiger partial charge in [-0.25, -0.2) is 4.79 Å². The van der Waals surface area contributed by atoms with Crippen LogP contribution in [0.25, 0.3) is 0 Å². The van der Waals surface area contributed by atoms with E-state index in [1.165, 1.54) is 18.2 Å². The second-order valence-electron chi connectivity index (χ2n) is 6.05. The second-order valence-corrected chi connectivity index (χ2v) is 6.05. The van der Waals surface area contributed by atoms with E-state index in [-0.39, 0.29) is 17.7 Å². The van der Waals surface area contributed by atoms with Gasteiger partial charge in [-0.1, -0.05) is 12.1 Å². The summed E-state index contributed by atoms with van der Waals surface area (Å²) in [6.07, 6.45) is -0.710. The number of alkyl carbamates (subject to hydrolysis) is 1. The minimum Gasteiger partial charge on any atom is -0.444 e. The Kier molecular flexibility index (Phi) is 6.48. The van der Waals surface area contributed by atoms with Crippen LogP contribution in [-0.4, -0.2) is 30.1 Å². The minimum atomic E-state index is -3.01. The lowest BCUT2D eigenvalue weighted by atomic mass is 10.0. The first kappa shape index (κ1) is 18.9. The molecule has 1 aromatic carbocycles. The number of hydrogen-bond donors (Lipinski definition) is 1. The number of benzene rings is 1. The van der Waals surface area contributed by atoms with Crippen LogP contribution in [0.1, 0.15) is 44.5 Å². The fourth-order valence-corrected chi connectivity index (χ4v) is 1.84. The highest BCUT2D eigenvalue weighted by Crippen LogP contribution is 2.22. The number of hydrogen-bond acceptors (Lipinski definition) is 4. The van der Waals surface area contributed by atoms with Crippen LogP contribution in [0.3, 0.4) is 0 Å². The average molecular weight is 329 g/mol. The number of ketones is 1. The summed E-state index contributed by atoms with van der Waals surface area (Å²) in [6, 6.07) is 5.23. The fraction of sp³-hybridized carbons (Fsp3) is 0.500. The highest BCUT2D eigenvalue weighted by Gasteiger charge is 2.21. The fourth-order valence-electron chi connectivity index (χ4n) is 1.84. The molecule has 1 rings (SSSR count). The van der Waals surface area contributed by atoms with E-state index >= 15 is 0 Å². The first-order chi connectivity index (χ1) is 10.6. The van der Waals surface area contributed by atoms with Crippen molar-refractivity contribution in [1.29, 1.82) is 0 Å². The quantitative estimate of drug-likeness (QED) is 0.807.